The predicted molar refractivity (Wildman–Crippen MR) is 125 cm³/mol. The molecule has 1 aliphatic heterocycles. The number of rotatable bonds is 6. The van der Waals surface area contributed by atoms with Crippen molar-refractivity contribution in [3.8, 4) is 0 Å². The molecule has 0 saturated carbocycles. The Kier molecular flexibility index (Phi) is 6.53. The molecule has 0 radical (unpaired) electrons. The van der Waals surface area contributed by atoms with E-state index >= 15 is 0 Å². The van der Waals surface area contributed by atoms with Gasteiger partial charge in [0.25, 0.3) is 11.8 Å². The van der Waals surface area contributed by atoms with Crippen molar-refractivity contribution in [2.75, 3.05) is 10.2 Å². The van der Waals surface area contributed by atoms with Crippen molar-refractivity contribution in [3.63, 3.8) is 0 Å². The maximum Gasteiger partial charge on any atom is 0.446 e. The lowest BCUT2D eigenvalue weighted by Crippen LogP contribution is -2.46. The largest absolute Gasteiger partial charge is 0.446 e. The number of carbonyl (C=O) groups excluding carboxylic acids is 3. The van der Waals surface area contributed by atoms with Crippen LogP contribution < -0.4 is 15.5 Å². The summed E-state index contributed by atoms with van der Waals surface area (Å²) in [4.78, 5) is 43.4. The van der Waals surface area contributed by atoms with E-state index in [1.807, 2.05) is 0 Å². The van der Waals surface area contributed by atoms with Crippen LogP contribution >= 0.6 is 11.8 Å². The normalized spacial score (nSPS) is 17.9. The molecular weight excluding hydrogens is 481 g/mol. The minimum Gasteiger partial charge on any atom is -0.323 e. The van der Waals surface area contributed by atoms with Gasteiger partial charge in [-0.2, -0.15) is 13.2 Å². The Bertz CT molecular complexity index is 1270. The number of nitrogens with zero attached hydrogens (tertiary/aromatic N) is 2. The molecule has 11 heteroatoms. The number of pyridine rings is 1. The summed E-state index contributed by atoms with van der Waals surface area (Å²) < 4.78 is 37.8. The van der Waals surface area contributed by atoms with Crippen LogP contribution in [0.25, 0.3) is 0 Å². The lowest BCUT2D eigenvalue weighted by Gasteiger charge is -2.23. The van der Waals surface area contributed by atoms with Crippen LogP contribution in [-0.2, 0) is 11.2 Å². The molecule has 0 aliphatic carbocycles. The molecule has 1 fully saturated rings. The van der Waals surface area contributed by atoms with Gasteiger partial charge in [-0.05, 0) is 66.7 Å². The van der Waals surface area contributed by atoms with Gasteiger partial charge in [-0.1, -0.05) is 18.2 Å². The number of aromatic nitrogens is 1. The quantitative estimate of drug-likeness (QED) is 0.367. The minimum atomic E-state index is -4.45. The monoisotopic (exact) mass is 500 g/mol. The number of thioether (sulfide) groups is 1. The summed E-state index contributed by atoms with van der Waals surface area (Å²) in [6.07, 6.45) is 3.01. The summed E-state index contributed by atoms with van der Waals surface area (Å²) in [5.41, 5.74) is -4.26. The number of anilines is 2. The van der Waals surface area contributed by atoms with Crippen molar-refractivity contribution in [3.05, 3.63) is 84.2 Å². The predicted octanol–water partition coefficient (Wildman–Crippen LogP) is 5.00. The molecule has 1 aromatic heterocycles. The second-order valence-corrected chi connectivity index (χ2v) is 9.11. The highest BCUT2D eigenvalue weighted by atomic mass is 32.2. The number of halogens is 3. The molecule has 1 unspecified atom stereocenters. The highest BCUT2D eigenvalue weighted by Crippen LogP contribution is 2.38. The number of imide groups is 1. The molecule has 2 heterocycles. The van der Waals surface area contributed by atoms with E-state index in [0.717, 1.165) is 4.90 Å². The third kappa shape index (κ3) is 5.46. The zero-order chi connectivity index (χ0) is 25.2. The Labute approximate surface area is 202 Å². The average molecular weight is 501 g/mol. The molecule has 1 atom stereocenters. The van der Waals surface area contributed by atoms with Crippen molar-refractivity contribution in [1.82, 2.24) is 10.3 Å². The van der Waals surface area contributed by atoms with Gasteiger partial charge < -0.3 is 10.6 Å². The van der Waals surface area contributed by atoms with E-state index < -0.39 is 23.0 Å². The molecule has 35 heavy (non-hydrogen) atoms. The molecule has 4 rings (SSSR count). The Hall–Kier alpha value is -3.86. The lowest BCUT2D eigenvalue weighted by molar-refractivity contribution is -0.121. The first-order valence-corrected chi connectivity index (χ1v) is 11.2. The minimum absolute atomic E-state index is 0.0446. The van der Waals surface area contributed by atoms with Crippen molar-refractivity contribution in [1.29, 1.82) is 0 Å². The van der Waals surface area contributed by atoms with Crippen LogP contribution in [0.2, 0.25) is 0 Å². The van der Waals surface area contributed by atoms with Crippen LogP contribution in [-0.4, -0.2) is 33.9 Å². The highest BCUT2D eigenvalue weighted by molar-refractivity contribution is 8.00. The Morgan fingerprint density at radius 2 is 1.77 bits per heavy atom. The fourth-order valence-electron chi connectivity index (χ4n) is 3.69. The summed E-state index contributed by atoms with van der Waals surface area (Å²) in [5.74, 6) is -0.930. The van der Waals surface area contributed by atoms with Gasteiger partial charge in [0.2, 0.25) is 0 Å². The smallest absolute Gasteiger partial charge is 0.323 e. The van der Waals surface area contributed by atoms with Crippen LogP contribution in [0.3, 0.4) is 0 Å². The van der Waals surface area contributed by atoms with Crippen LogP contribution in [0.5, 0.6) is 0 Å². The van der Waals surface area contributed by atoms with E-state index in [-0.39, 0.29) is 34.7 Å². The van der Waals surface area contributed by atoms with Crippen LogP contribution in [0.1, 0.15) is 22.8 Å². The van der Waals surface area contributed by atoms with Crippen LogP contribution in [0, 0.1) is 0 Å². The lowest BCUT2D eigenvalue weighted by atomic mass is 9.92. The SMILES string of the molecule is CC1(Cc2ccncc2NC(=O)c2ccccc2)NC(=O)N(c2ccc(SC(F)(F)F)cc2)C1=O. The summed E-state index contributed by atoms with van der Waals surface area (Å²) in [5, 5.41) is 5.44. The number of urea groups is 1. The number of hydrogen-bond acceptors (Lipinski definition) is 5. The van der Waals surface area contributed by atoms with Gasteiger partial charge in [-0.25, -0.2) is 9.69 Å². The second kappa shape index (κ2) is 9.41. The molecule has 180 valence electrons. The van der Waals surface area contributed by atoms with E-state index in [4.69, 9.17) is 0 Å². The fourth-order valence-corrected chi connectivity index (χ4v) is 4.23. The van der Waals surface area contributed by atoms with Crippen molar-refractivity contribution in [2.24, 2.45) is 0 Å². The number of nitrogens with one attached hydrogen (secondary N) is 2. The molecule has 3 aromatic rings. The van der Waals surface area contributed by atoms with Gasteiger partial charge in [0.05, 0.1) is 17.6 Å². The first-order chi connectivity index (χ1) is 16.6. The van der Waals surface area contributed by atoms with E-state index in [2.05, 4.69) is 15.6 Å². The third-order valence-electron chi connectivity index (χ3n) is 5.33. The van der Waals surface area contributed by atoms with Crippen molar-refractivity contribution >= 4 is 41.0 Å². The summed E-state index contributed by atoms with van der Waals surface area (Å²) in [6.45, 7) is 1.55. The average Bonchev–Trinajstić information content (AvgIpc) is 3.03. The molecule has 2 N–H and O–H groups in total. The van der Waals surface area contributed by atoms with Crippen molar-refractivity contribution < 1.29 is 27.6 Å². The molecule has 7 nitrogen and oxygen atoms in total. The van der Waals surface area contributed by atoms with E-state index in [9.17, 15) is 27.6 Å². The maximum absolute atomic E-state index is 13.3. The topological polar surface area (TPSA) is 91.4 Å². The molecular formula is C24H19F3N4O3S. The van der Waals surface area contributed by atoms with Gasteiger partial charge in [-0.3, -0.25) is 14.6 Å². The van der Waals surface area contributed by atoms with Gasteiger partial charge in [0, 0.05) is 23.1 Å². The first-order valence-electron chi connectivity index (χ1n) is 10.4. The first kappa shape index (κ1) is 24.3. The van der Waals surface area contributed by atoms with E-state index in [0.29, 0.717) is 16.8 Å². The zero-order valence-corrected chi connectivity index (χ0v) is 19.1. The third-order valence-corrected chi connectivity index (χ3v) is 6.07. The zero-order valence-electron chi connectivity index (χ0n) is 18.3. The Morgan fingerprint density at radius 1 is 1.09 bits per heavy atom. The summed E-state index contributed by atoms with van der Waals surface area (Å²) >= 11 is -0.285. The molecule has 1 aliphatic rings. The molecule has 0 bridgehead atoms. The number of alkyl halides is 3. The van der Waals surface area contributed by atoms with Crippen molar-refractivity contribution in [2.45, 2.75) is 29.3 Å². The van der Waals surface area contributed by atoms with Gasteiger partial charge in [0.1, 0.15) is 5.54 Å². The standard InChI is InChI=1S/C24H19F3N4O3S/c1-23(13-16-11-12-28-14-19(16)29-20(32)15-5-3-2-4-6-15)21(33)31(22(34)30-23)17-7-9-18(10-8-17)35-24(25,26)27/h2-12,14H,13H2,1H3,(H,29,32)(H,30,34). The fraction of sp³-hybridized carbons (Fsp3) is 0.167. The van der Waals surface area contributed by atoms with Gasteiger partial charge >= 0.3 is 11.5 Å². The molecule has 0 spiro atoms. The second-order valence-electron chi connectivity index (χ2n) is 7.97. The van der Waals surface area contributed by atoms with E-state index in [1.165, 1.54) is 36.7 Å². The number of benzene rings is 2. The van der Waals surface area contributed by atoms with Crippen LogP contribution in [0.15, 0.2) is 78.0 Å². The summed E-state index contributed by atoms with van der Waals surface area (Å²) in [7, 11) is 0. The van der Waals surface area contributed by atoms with Crippen LogP contribution in [0.4, 0.5) is 29.3 Å². The Balaban J connectivity index is 1.53. The number of amides is 4. The summed E-state index contributed by atoms with van der Waals surface area (Å²) in [6, 6.07) is 14.5. The number of carbonyl (C=O) groups is 3. The Morgan fingerprint density at radius 3 is 2.43 bits per heavy atom. The van der Waals surface area contributed by atoms with Gasteiger partial charge in [0.15, 0.2) is 0 Å². The molecule has 4 amide bonds. The highest BCUT2D eigenvalue weighted by Gasteiger charge is 2.48. The maximum atomic E-state index is 13.3. The molecule has 2 aromatic carbocycles. The van der Waals surface area contributed by atoms with Gasteiger partial charge in [-0.15, -0.1) is 0 Å². The molecule has 1 saturated heterocycles. The number of hydrogen-bond donors (Lipinski definition) is 2. The van der Waals surface area contributed by atoms with E-state index in [1.54, 1.807) is 43.3 Å².